The van der Waals surface area contributed by atoms with Crippen LogP contribution < -0.4 is 15.8 Å². The van der Waals surface area contributed by atoms with E-state index in [0.717, 1.165) is 0 Å². The third-order valence-electron chi connectivity index (χ3n) is 3.63. The average molecular weight is 466 g/mol. The second-order valence-corrected chi connectivity index (χ2v) is 10.2. The lowest BCUT2D eigenvalue weighted by molar-refractivity contribution is -0.115. The molecule has 1 aromatic carbocycles. The largest absolute Gasteiger partial charge is 0.374 e. The number of carbonyl (C=O) groups excluding carboxylic acids is 1. The number of aryl methyl sites for hydroxylation is 2. The number of sulfonamides is 1. The number of nitrogens with zero attached hydrogens (tertiary/aromatic N) is 4. The van der Waals surface area contributed by atoms with Crippen molar-refractivity contribution in [2.24, 2.45) is 0 Å². The summed E-state index contributed by atoms with van der Waals surface area (Å²) in [5, 5.41) is 10.7. The number of rotatable bonds is 8. The fourth-order valence-electron chi connectivity index (χ4n) is 2.40. The summed E-state index contributed by atoms with van der Waals surface area (Å²) in [6.45, 7) is 3.51. The van der Waals surface area contributed by atoms with Crippen LogP contribution in [-0.4, -0.2) is 40.2 Å². The van der Waals surface area contributed by atoms with Crippen molar-refractivity contribution in [3.8, 4) is 0 Å². The van der Waals surface area contributed by atoms with Gasteiger partial charge in [-0.2, -0.15) is 0 Å². The highest BCUT2D eigenvalue weighted by Gasteiger charge is 2.16. The Kier molecular flexibility index (Phi) is 6.84. The van der Waals surface area contributed by atoms with Gasteiger partial charge in [0.1, 0.15) is 0 Å². The molecule has 3 aromatic rings. The van der Waals surface area contributed by atoms with E-state index in [2.05, 4.69) is 30.2 Å². The molecule has 0 radical (unpaired) electrons. The summed E-state index contributed by atoms with van der Waals surface area (Å²) in [6.07, 6.45) is 0.260. The number of carbonyl (C=O) groups is 1. The molecule has 0 aliphatic heterocycles. The van der Waals surface area contributed by atoms with Crippen LogP contribution in [0.4, 0.5) is 16.8 Å². The van der Waals surface area contributed by atoms with Crippen molar-refractivity contribution in [1.29, 1.82) is 0 Å². The SMILES string of the molecule is Cc1cc(C)nc(NS(=O)(=O)c2ccc(NC(=O)CCSc3nnc(N)s3)cc2)n1. The molecular weight excluding hydrogens is 446 g/mol. The molecule has 0 bridgehead atoms. The Morgan fingerprint density at radius 1 is 1.13 bits per heavy atom. The van der Waals surface area contributed by atoms with E-state index in [0.29, 0.717) is 32.3 Å². The molecule has 0 fully saturated rings. The molecule has 4 N–H and O–H groups in total. The van der Waals surface area contributed by atoms with Crippen molar-refractivity contribution >= 4 is 55.8 Å². The van der Waals surface area contributed by atoms with Gasteiger partial charge in [-0.25, -0.2) is 23.1 Å². The normalized spacial score (nSPS) is 11.3. The number of nitrogen functional groups attached to an aromatic ring is 1. The van der Waals surface area contributed by atoms with Crippen LogP contribution in [0.3, 0.4) is 0 Å². The average Bonchev–Trinajstić information content (AvgIpc) is 3.06. The maximum Gasteiger partial charge on any atom is 0.264 e. The summed E-state index contributed by atoms with van der Waals surface area (Å²) in [4.78, 5) is 20.3. The van der Waals surface area contributed by atoms with Crippen molar-refractivity contribution in [3.63, 3.8) is 0 Å². The van der Waals surface area contributed by atoms with Crippen LogP contribution in [0, 0.1) is 13.8 Å². The number of anilines is 3. The Hall–Kier alpha value is -2.77. The highest BCUT2D eigenvalue weighted by molar-refractivity contribution is 8.01. The van der Waals surface area contributed by atoms with Crippen LogP contribution in [0.15, 0.2) is 39.6 Å². The minimum atomic E-state index is -3.85. The molecule has 3 rings (SSSR count). The Morgan fingerprint density at radius 2 is 1.80 bits per heavy atom. The predicted octanol–water partition coefficient (Wildman–Crippen LogP) is 2.45. The first kappa shape index (κ1) is 21.9. The number of thioether (sulfide) groups is 1. The van der Waals surface area contributed by atoms with Crippen molar-refractivity contribution in [3.05, 3.63) is 41.7 Å². The van der Waals surface area contributed by atoms with E-state index in [1.807, 2.05) is 0 Å². The van der Waals surface area contributed by atoms with Crippen molar-refractivity contribution in [2.45, 2.75) is 29.5 Å². The summed E-state index contributed by atoms with van der Waals surface area (Å²) in [6, 6.07) is 7.59. The van der Waals surface area contributed by atoms with Gasteiger partial charge in [-0.1, -0.05) is 23.1 Å². The molecule has 158 valence electrons. The second kappa shape index (κ2) is 9.36. The van der Waals surface area contributed by atoms with Gasteiger partial charge in [0, 0.05) is 29.2 Å². The number of hydrogen-bond donors (Lipinski definition) is 3. The minimum Gasteiger partial charge on any atom is -0.374 e. The van der Waals surface area contributed by atoms with E-state index < -0.39 is 10.0 Å². The number of aromatic nitrogens is 4. The van der Waals surface area contributed by atoms with Gasteiger partial charge < -0.3 is 11.1 Å². The van der Waals surface area contributed by atoms with Gasteiger partial charge in [0.2, 0.25) is 17.0 Å². The van der Waals surface area contributed by atoms with Gasteiger partial charge >= 0.3 is 0 Å². The molecule has 1 amide bonds. The van der Waals surface area contributed by atoms with Gasteiger partial charge in [-0.3, -0.25) is 4.79 Å². The molecule has 0 atom stereocenters. The third-order valence-corrected chi connectivity index (χ3v) is 6.86. The highest BCUT2D eigenvalue weighted by Crippen LogP contribution is 2.24. The molecule has 30 heavy (non-hydrogen) atoms. The molecule has 0 saturated carbocycles. The van der Waals surface area contributed by atoms with Gasteiger partial charge in [0.25, 0.3) is 10.0 Å². The van der Waals surface area contributed by atoms with Crippen LogP contribution in [0.2, 0.25) is 0 Å². The second-order valence-electron chi connectivity index (χ2n) is 6.16. The lowest BCUT2D eigenvalue weighted by Crippen LogP contribution is -2.16. The van der Waals surface area contributed by atoms with E-state index >= 15 is 0 Å². The van der Waals surface area contributed by atoms with E-state index in [1.165, 1.54) is 47.4 Å². The number of nitrogens with one attached hydrogen (secondary N) is 2. The lowest BCUT2D eigenvalue weighted by atomic mass is 10.3. The maximum absolute atomic E-state index is 12.5. The molecule has 0 saturated heterocycles. The molecule has 0 aliphatic carbocycles. The molecule has 2 heterocycles. The minimum absolute atomic E-state index is 0.0135. The maximum atomic E-state index is 12.5. The lowest BCUT2D eigenvalue weighted by Gasteiger charge is -2.09. The van der Waals surface area contributed by atoms with Crippen LogP contribution in [0.1, 0.15) is 17.8 Å². The molecule has 13 heteroatoms. The topological polar surface area (TPSA) is 153 Å². The van der Waals surface area contributed by atoms with E-state index in [-0.39, 0.29) is 23.2 Å². The van der Waals surface area contributed by atoms with E-state index in [4.69, 9.17) is 5.73 Å². The van der Waals surface area contributed by atoms with E-state index in [9.17, 15) is 13.2 Å². The molecule has 0 aliphatic rings. The van der Waals surface area contributed by atoms with Crippen LogP contribution in [0.5, 0.6) is 0 Å². The van der Waals surface area contributed by atoms with Gasteiger partial charge in [-0.15, -0.1) is 10.2 Å². The number of hydrogen-bond acceptors (Lipinski definition) is 10. The Labute approximate surface area is 181 Å². The summed E-state index contributed by atoms with van der Waals surface area (Å²) in [5.74, 6) is 0.337. The Balaban J connectivity index is 1.56. The summed E-state index contributed by atoms with van der Waals surface area (Å²) < 4.78 is 28.1. The summed E-state index contributed by atoms with van der Waals surface area (Å²) >= 11 is 2.66. The summed E-state index contributed by atoms with van der Waals surface area (Å²) in [7, 11) is -3.85. The monoisotopic (exact) mass is 465 g/mol. The number of benzene rings is 1. The third kappa shape index (κ3) is 6.11. The first-order valence-corrected chi connectivity index (χ1v) is 12.0. The zero-order valence-corrected chi connectivity index (χ0v) is 18.6. The fraction of sp³-hybridized carbons (Fsp3) is 0.235. The zero-order chi connectivity index (χ0) is 21.7. The first-order chi connectivity index (χ1) is 14.2. The van der Waals surface area contributed by atoms with E-state index in [1.54, 1.807) is 19.9 Å². The summed E-state index contributed by atoms with van der Waals surface area (Å²) in [5.41, 5.74) is 7.32. The Bertz CT molecular complexity index is 1130. The standard InChI is InChI=1S/C17H19N7O3S3/c1-10-9-11(2)20-16(19-10)24-30(26,27)13-5-3-12(4-6-13)21-14(25)7-8-28-17-23-22-15(18)29-17/h3-6,9H,7-8H2,1-2H3,(H2,18,22)(H,21,25)(H,19,20,24). The van der Waals surface area contributed by atoms with Crippen LogP contribution >= 0.6 is 23.1 Å². The molecule has 2 aromatic heterocycles. The van der Waals surface area contributed by atoms with Crippen molar-refractivity contribution in [1.82, 2.24) is 20.2 Å². The van der Waals surface area contributed by atoms with Crippen LogP contribution in [0.25, 0.3) is 0 Å². The van der Waals surface area contributed by atoms with Crippen molar-refractivity contribution < 1.29 is 13.2 Å². The highest BCUT2D eigenvalue weighted by atomic mass is 32.2. The first-order valence-electron chi connectivity index (χ1n) is 8.68. The quantitative estimate of drug-likeness (QED) is 0.426. The Morgan fingerprint density at radius 3 is 2.40 bits per heavy atom. The smallest absolute Gasteiger partial charge is 0.264 e. The van der Waals surface area contributed by atoms with Gasteiger partial charge in [0.15, 0.2) is 4.34 Å². The number of nitrogens with two attached hydrogens (primary N) is 1. The zero-order valence-electron chi connectivity index (χ0n) is 16.1. The van der Waals surface area contributed by atoms with Gasteiger partial charge in [0.05, 0.1) is 4.90 Å². The molecule has 0 spiro atoms. The molecular formula is C17H19N7O3S3. The van der Waals surface area contributed by atoms with Gasteiger partial charge in [-0.05, 0) is 44.2 Å². The molecule has 10 nitrogen and oxygen atoms in total. The van der Waals surface area contributed by atoms with Crippen LogP contribution in [-0.2, 0) is 14.8 Å². The predicted molar refractivity (Wildman–Crippen MR) is 117 cm³/mol. The van der Waals surface area contributed by atoms with Crippen molar-refractivity contribution in [2.75, 3.05) is 21.5 Å². The fourth-order valence-corrected chi connectivity index (χ4v) is 4.99. The molecule has 0 unspecified atom stereocenters. The number of amides is 1.